The molecule has 0 spiro atoms. The number of ether oxygens (including phenoxy) is 3. The van der Waals surface area contributed by atoms with Crippen LogP contribution in [-0.2, 0) is 22.6 Å². The summed E-state index contributed by atoms with van der Waals surface area (Å²) in [4.78, 5) is 30.7. The highest BCUT2D eigenvalue weighted by atomic mass is 32.1. The number of nitrogens with zero attached hydrogens (tertiary/aromatic N) is 2. The molecule has 8 nitrogen and oxygen atoms in total. The molecule has 0 saturated carbocycles. The number of carbonyl (C=O) groups excluding carboxylic acids is 2. The third kappa shape index (κ3) is 5.55. The van der Waals surface area contributed by atoms with Gasteiger partial charge in [-0.2, -0.15) is 0 Å². The van der Waals surface area contributed by atoms with E-state index in [0.29, 0.717) is 31.2 Å². The first kappa shape index (κ1) is 22.9. The van der Waals surface area contributed by atoms with E-state index < -0.39 is 0 Å². The Balaban J connectivity index is 1.54. The van der Waals surface area contributed by atoms with Gasteiger partial charge in [0.1, 0.15) is 6.54 Å². The second-order valence-corrected chi connectivity index (χ2v) is 8.66. The van der Waals surface area contributed by atoms with Crippen molar-refractivity contribution in [2.24, 2.45) is 0 Å². The van der Waals surface area contributed by atoms with Crippen molar-refractivity contribution in [3.8, 4) is 11.5 Å². The van der Waals surface area contributed by atoms with Crippen molar-refractivity contribution in [1.29, 1.82) is 0 Å². The summed E-state index contributed by atoms with van der Waals surface area (Å²) in [6, 6.07) is 10.9. The Morgan fingerprint density at radius 2 is 1.94 bits per heavy atom. The molecule has 2 aromatic heterocycles. The summed E-state index contributed by atoms with van der Waals surface area (Å²) in [5.74, 6) is 1.04. The fourth-order valence-electron chi connectivity index (χ4n) is 3.50. The first-order valence-corrected chi connectivity index (χ1v) is 11.4. The van der Waals surface area contributed by atoms with E-state index in [4.69, 9.17) is 18.6 Å². The molecule has 0 fully saturated rings. The lowest BCUT2D eigenvalue weighted by Gasteiger charge is -2.27. The van der Waals surface area contributed by atoms with Crippen LogP contribution in [0.25, 0.3) is 0 Å². The van der Waals surface area contributed by atoms with Gasteiger partial charge >= 0.3 is 0 Å². The van der Waals surface area contributed by atoms with Crippen molar-refractivity contribution in [3.05, 3.63) is 69.8 Å². The molecule has 1 aliphatic rings. The second kappa shape index (κ2) is 10.5. The molecule has 4 rings (SSSR count). The summed E-state index contributed by atoms with van der Waals surface area (Å²) in [6.07, 6.45) is 1.44. The zero-order valence-electron chi connectivity index (χ0n) is 18.6. The Hall–Kier alpha value is -3.30. The van der Waals surface area contributed by atoms with E-state index >= 15 is 0 Å². The van der Waals surface area contributed by atoms with Gasteiger partial charge in [0.05, 0.1) is 19.4 Å². The lowest BCUT2D eigenvalue weighted by atomic mass is 10.1. The molecule has 0 aliphatic carbocycles. The minimum Gasteiger partial charge on any atom is -0.459 e. The molecular formula is C24H26N2O6S. The number of furan rings is 1. The fraction of sp³-hybridized carbons (Fsp3) is 0.333. The molecular weight excluding hydrogens is 444 g/mol. The molecule has 33 heavy (non-hydrogen) atoms. The minimum absolute atomic E-state index is 0.0854. The van der Waals surface area contributed by atoms with Crippen LogP contribution in [0.1, 0.15) is 26.6 Å². The van der Waals surface area contributed by atoms with Gasteiger partial charge in [-0.25, -0.2) is 0 Å². The van der Waals surface area contributed by atoms with Gasteiger partial charge in [-0.3, -0.25) is 9.59 Å². The maximum absolute atomic E-state index is 13.5. The van der Waals surface area contributed by atoms with E-state index in [2.05, 4.69) is 0 Å². The largest absolute Gasteiger partial charge is 0.459 e. The molecule has 0 unspecified atom stereocenters. The molecule has 0 bridgehead atoms. The molecule has 3 heterocycles. The van der Waals surface area contributed by atoms with Crippen molar-refractivity contribution in [1.82, 2.24) is 9.80 Å². The van der Waals surface area contributed by atoms with E-state index in [1.807, 2.05) is 36.6 Å². The van der Waals surface area contributed by atoms with E-state index in [1.54, 1.807) is 35.5 Å². The van der Waals surface area contributed by atoms with Crippen molar-refractivity contribution in [2.45, 2.75) is 20.0 Å². The topological polar surface area (TPSA) is 81.5 Å². The lowest BCUT2D eigenvalue weighted by molar-refractivity contribution is -0.133. The Morgan fingerprint density at radius 3 is 2.67 bits per heavy atom. The smallest absolute Gasteiger partial charge is 0.290 e. The molecule has 0 atom stereocenters. The maximum atomic E-state index is 13.5. The summed E-state index contributed by atoms with van der Waals surface area (Å²) in [5, 5.41) is 2.01. The molecule has 9 heteroatoms. The van der Waals surface area contributed by atoms with E-state index in [9.17, 15) is 9.59 Å². The summed E-state index contributed by atoms with van der Waals surface area (Å²) in [7, 11) is 1.56. The van der Waals surface area contributed by atoms with Crippen molar-refractivity contribution < 1.29 is 28.2 Å². The Morgan fingerprint density at radius 1 is 1.09 bits per heavy atom. The standard InChI is InChI=1S/C24H26N2O6S/c1-17-7-11-33-22(17)14-26(13-18-5-6-19-21(12-18)32-16-31-19)23(27)15-25(8-10-29-2)24(28)20-4-3-9-30-20/h3-7,9,11-12H,8,10,13-16H2,1-2H3. The Kier molecular flexibility index (Phi) is 7.31. The van der Waals surface area contributed by atoms with Crippen LogP contribution >= 0.6 is 11.3 Å². The zero-order chi connectivity index (χ0) is 23.2. The van der Waals surface area contributed by atoms with Crippen LogP contribution in [0.5, 0.6) is 11.5 Å². The number of hydrogen-bond donors (Lipinski definition) is 0. The van der Waals surface area contributed by atoms with Gasteiger partial charge in [-0.05, 0) is 53.8 Å². The first-order chi connectivity index (χ1) is 16.0. The van der Waals surface area contributed by atoms with Crippen LogP contribution in [0, 0.1) is 6.92 Å². The highest BCUT2D eigenvalue weighted by Gasteiger charge is 2.25. The van der Waals surface area contributed by atoms with Gasteiger partial charge in [0, 0.05) is 25.1 Å². The van der Waals surface area contributed by atoms with Crippen LogP contribution < -0.4 is 9.47 Å². The predicted octanol–water partition coefficient (Wildman–Crippen LogP) is 3.70. The van der Waals surface area contributed by atoms with Crippen LogP contribution in [-0.4, -0.2) is 55.2 Å². The molecule has 1 aliphatic heterocycles. The van der Waals surface area contributed by atoms with Crippen LogP contribution in [0.4, 0.5) is 0 Å². The summed E-state index contributed by atoms with van der Waals surface area (Å²) in [6.45, 7) is 3.55. The van der Waals surface area contributed by atoms with E-state index in [-0.39, 0.29) is 37.5 Å². The molecule has 0 saturated heterocycles. The molecule has 2 amide bonds. The SMILES string of the molecule is COCCN(CC(=O)N(Cc1ccc2c(c1)OCO2)Cc1sccc1C)C(=O)c1ccco1. The Labute approximate surface area is 196 Å². The third-order valence-corrected chi connectivity index (χ3v) is 6.38. The summed E-state index contributed by atoms with van der Waals surface area (Å²) < 4.78 is 21.3. The first-order valence-electron chi connectivity index (χ1n) is 10.6. The van der Waals surface area contributed by atoms with Gasteiger partial charge in [0.15, 0.2) is 17.3 Å². The quantitative estimate of drug-likeness (QED) is 0.450. The van der Waals surface area contributed by atoms with Gasteiger partial charge in [0.25, 0.3) is 5.91 Å². The third-order valence-electron chi connectivity index (χ3n) is 5.38. The second-order valence-electron chi connectivity index (χ2n) is 7.66. The van der Waals surface area contributed by atoms with Gasteiger partial charge in [-0.1, -0.05) is 6.07 Å². The van der Waals surface area contributed by atoms with Crippen LogP contribution in [0.2, 0.25) is 0 Å². The van der Waals surface area contributed by atoms with E-state index in [1.165, 1.54) is 11.2 Å². The summed E-state index contributed by atoms with van der Waals surface area (Å²) in [5.41, 5.74) is 2.05. The van der Waals surface area contributed by atoms with Crippen molar-refractivity contribution in [3.63, 3.8) is 0 Å². The molecule has 0 N–H and O–H groups in total. The highest BCUT2D eigenvalue weighted by Crippen LogP contribution is 2.33. The number of benzene rings is 1. The zero-order valence-corrected chi connectivity index (χ0v) is 19.4. The molecule has 174 valence electrons. The van der Waals surface area contributed by atoms with E-state index in [0.717, 1.165) is 16.0 Å². The number of methoxy groups -OCH3 is 1. The minimum atomic E-state index is -0.347. The number of fused-ring (bicyclic) bond motifs is 1. The fourth-order valence-corrected chi connectivity index (χ4v) is 4.43. The highest BCUT2D eigenvalue weighted by molar-refractivity contribution is 7.10. The number of carbonyl (C=O) groups is 2. The number of rotatable bonds is 10. The van der Waals surface area contributed by atoms with Gasteiger partial charge < -0.3 is 28.4 Å². The molecule has 3 aromatic rings. The molecule has 1 aromatic carbocycles. The normalized spacial score (nSPS) is 12.1. The van der Waals surface area contributed by atoms with Gasteiger partial charge in [0.2, 0.25) is 12.7 Å². The number of hydrogen-bond acceptors (Lipinski definition) is 7. The lowest BCUT2D eigenvalue weighted by Crippen LogP contribution is -2.43. The summed E-state index contributed by atoms with van der Waals surface area (Å²) >= 11 is 1.61. The average Bonchev–Trinajstić information content (AvgIpc) is 3.58. The number of aryl methyl sites for hydroxylation is 1. The number of amides is 2. The Bertz CT molecular complexity index is 1090. The number of thiophene rings is 1. The molecule has 0 radical (unpaired) electrons. The van der Waals surface area contributed by atoms with Crippen LogP contribution in [0.3, 0.4) is 0 Å². The van der Waals surface area contributed by atoms with Crippen molar-refractivity contribution in [2.75, 3.05) is 33.6 Å². The predicted molar refractivity (Wildman–Crippen MR) is 122 cm³/mol. The van der Waals surface area contributed by atoms with Gasteiger partial charge in [-0.15, -0.1) is 11.3 Å². The van der Waals surface area contributed by atoms with Crippen LogP contribution in [0.15, 0.2) is 52.5 Å². The maximum Gasteiger partial charge on any atom is 0.290 e. The van der Waals surface area contributed by atoms with Crippen molar-refractivity contribution >= 4 is 23.2 Å². The monoisotopic (exact) mass is 470 g/mol. The average molecular weight is 471 g/mol.